The van der Waals surface area contributed by atoms with Gasteiger partial charge in [0.2, 0.25) is 0 Å². The van der Waals surface area contributed by atoms with Crippen molar-refractivity contribution in [2.75, 3.05) is 26.1 Å². The number of anilines is 1. The van der Waals surface area contributed by atoms with Gasteiger partial charge in [0.1, 0.15) is 16.5 Å². The third-order valence-corrected chi connectivity index (χ3v) is 7.21. The van der Waals surface area contributed by atoms with Gasteiger partial charge in [-0.15, -0.1) is 11.3 Å². The first kappa shape index (κ1) is 26.6. The fourth-order valence-corrected chi connectivity index (χ4v) is 5.21. The number of esters is 1. The van der Waals surface area contributed by atoms with E-state index in [4.69, 9.17) is 14.2 Å². The van der Waals surface area contributed by atoms with Crippen LogP contribution in [0.25, 0.3) is 10.4 Å². The number of hydrogen-bond donors (Lipinski definition) is 1. The second-order valence-corrected chi connectivity index (χ2v) is 9.29. The fourth-order valence-electron chi connectivity index (χ4n) is 4.01. The Bertz CT molecular complexity index is 1470. The first-order valence-electron chi connectivity index (χ1n) is 11.9. The molecular weight excluding hydrogens is 502 g/mol. The zero-order chi connectivity index (χ0) is 27.2. The van der Waals surface area contributed by atoms with Crippen molar-refractivity contribution in [2.45, 2.75) is 13.8 Å². The molecule has 0 aliphatic heterocycles. The van der Waals surface area contributed by atoms with E-state index in [2.05, 4.69) is 5.32 Å². The number of rotatable bonds is 9. The smallest absolute Gasteiger partial charge is 0.341 e. The van der Waals surface area contributed by atoms with Crippen LogP contribution in [0.15, 0.2) is 72.8 Å². The number of ether oxygens (including phenoxy) is 3. The van der Waals surface area contributed by atoms with Crippen molar-refractivity contribution in [1.82, 2.24) is 0 Å². The van der Waals surface area contributed by atoms with E-state index in [-0.39, 0.29) is 12.4 Å². The lowest BCUT2D eigenvalue weighted by Crippen LogP contribution is -2.15. The lowest BCUT2D eigenvalue weighted by molar-refractivity contribution is 0.0527. The monoisotopic (exact) mass is 529 g/mol. The highest BCUT2D eigenvalue weighted by molar-refractivity contribution is 7.20. The molecule has 0 radical (unpaired) electrons. The Labute approximate surface area is 225 Å². The normalized spacial score (nSPS) is 10.5. The second kappa shape index (κ2) is 11.7. The largest absolute Gasteiger partial charge is 0.497 e. The highest BCUT2D eigenvalue weighted by atomic mass is 32.1. The van der Waals surface area contributed by atoms with Crippen molar-refractivity contribution < 1.29 is 28.6 Å². The molecular formula is C30H27NO6S. The van der Waals surface area contributed by atoms with Gasteiger partial charge in [0, 0.05) is 16.0 Å². The van der Waals surface area contributed by atoms with Gasteiger partial charge in [0.15, 0.2) is 5.78 Å². The van der Waals surface area contributed by atoms with Crippen molar-refractivity contribution >= 4 is 34.0 Å². The molecule has 0 unspecified atom stereocenters. The number of hydrogen-bond acceptors (Lipinski definition) is 7. The van der Waals surface area contributed by atoms with E-state index in [1.165, 1.54) is 25.6 Å². The molecule has 1 heterocycles. The molecule has 38 heavy (non-hydrogen) atoms. The Morgan fingerprint density at radius 2 is 1.55 bits per heavy atom. The summed E-state index contributed by atoms with van der Waals surface area (Å²) in [4.78, 5) is 39.9. The number of carbonyl (C=O) groups excluding carboxylic acids is 3. The summed E-state index contributed by atoms with van der Waals surface area (Å²) in [6.07, 6.45) is 0. The molecule has 0 saturated heterocycles. The summed E-state index contributed by atoms with van der Waals surface area (Å²) < 4.78 is 15.8. The Hall–Kier alpha value is -4.43. The zero-order valence-corrected chi connectivity index (χ0v) is 22.3. The van der Waals surface area contributed by atoms with Gasteiger partial charge < -0.3 is 19.5 Å². The molecule has 1 N–H and O–H groups in total. The summed E-state index contributed by atoms with van der Waals surface area (Å²) in [7, 11) is 3.01. The van der Waals surface area contributed by atoms with Gasteiger partial charge in [0.05, 0.1) is 32.0 Å². The molecule has 7 nitrogen and oxygen atoms in total. The Balaban J connectivity index is 1.61. The molecule has 0 spiro atoms. The van der Waals surface area contributed by atoms with Crippen molar-refractivity contribution in [1.29, 1.82) is 0 Å². The predicted molar refractivity (Wildman–Crippen MR) is 148 cm³/mol. The molecule has 8 heteroatoms. The van der Waals surface area contributed by atoms with E-state index in [1.54, 1.807) is 49.4 Å². The van der Waals surface area contributed by atoms with Crippen LogP contribution in [0.2, 0.25) is 0 Å². The third-order valence-electron chi connectivity index (χ3n) is 5.95. The van der Waals surface area contributed by atoms with Crippen molar-refractivity contribution in [3.63, 3.8) is 0 Å². The number of nitrogens with one attached hydrogen (secondary N) is 1. The Kier molecular flexibility index (Phi) is 8.23. The first-order valence-corrected chi connectivity index (χ1v) is 12.7. The average Bonchev–Trinajstić information content (AvgIpc) is 3.28. The number of thiophene rings is 1. The maximum absolute atomic E-state index is 13.2. The standard InChI is InChI=1S/C30H27NO6S/c1-5-37-30(34)25-18(2)27(20-9-7-6-8-10-20)38-29(25)31-28(33)21-13-11-19(12-14-21)26(32)23-17-22(35-3)15-16-24(23)36-4/h6-17H,5H2,1-4H3,(H,31,33). The predicted octanol–water partition coefficient (Wildman–Crippen LogP) is 6.40. The highest BCUT2D eigenvalue weighted by Crippen LogP contribution is 2.40. The van der Waals surface area contributed by atoms with Gasteiger partial charge in [0.25, 0.3) is 5.91 Å². The fraction of sp³-hybridized carbons (Fsp3) is 0.167. The van der Waals surface area contributed by atoms with Crippen LogP contribution < -0.4 is 14.8 Å². The Morgan fingerprint density at radius 3 is 2.18 bits per heavy atom. The first-order chi connectivity index (χ1) is 18.4. The lowest BCUT2D eigenvalue weighted by Gasteiger charge is -2.10. The van der Waals surface area contributed by atoms with Crippen molar-refractivity contribution in [3.05, 3.63) is 101 Å². The van der Waals surface area contributed by atoms with Gasteiger partial charge in [-0.05, 0) is 55.3 Å². The van der Waals surface area contributed by atoms with E-state index in [9.17, 15) is 14.4 Å². The quantitative estimate of drug-likeness (QED) is 0.199. The van der Waals surface area contributed by atoms with Gasteiger partial charge in [-0.25, -0.2) is 4.79 Å². The third kappa shape index (κ3) is 5.45. The second-order valence-electron chi connectivity index (χ2n) is 8.27. The molecule has 0 fully saturated rings. The van der Waals surface area contributed by atoms with E-state index in [1.807, 2.05) is 37.3 Å². The summed E-state index contributed by atoms with van der Waals surface area (Å²) in [5.74, 6) is -0.213. The lowest BCUT2D eigenvalue weighted by atomic mass is 10.0. The summed E-state index contributed by atoms with van der Waals surface area (Å²) in [5.41, 5.74) is 3.09. The van der Waals surface area contributed by atoms with Gasteiger partial charge in [-0.1, -0.05) is 42.5 Å². The molecule has 0 bridgehead atoms. The van der Waals surface area contributed by atoms with Crippen LogP contribution in [-0.4, -0.2) is 38.5 Å². The van der Waals surface area contributed by atoms with Crippen molar-refractivity contribution in [2.24, 2.45) is 0 Å². The summed E-state index contributed by atoms with van der Waals surface area (Å²) in [6.45, 7) is 3.80. The minimum absolute atomic E-state index is 0.218. The summed E-state index contributed by atoms with van der Waals surface area (Å²) >= 11 is 1.32. The zero-order valence-electron chi connectivity index (χ0n) is 21.5. The topological polar surface area (TPSA) is 90.9 Å². The molecule has 1 amide bonds. The van der Waals surface area contributed by atoms with Crippen LogP contribution in [-0.2, 0) is 4.74 Å². The maximum Gasteiger partial charge on any atom is 0.341 e. The SMILES string of the molecule is CCOC(=O)c1c(NC(=O)c2ccc(C(=O)c3cc(OC)ccc3OC)cc2)sc(-c2ccccc2)c1C. The highest BCUT2D eigenvalue weighted by Gasteiger charge is 2.25. The summed E-state index contributed by atoms with van der Waals surface area (Å²) in [6, 6.07) is 20.9. The van der Waals surface area contributed by atoms with Crippen LogP contribution in [0.3, 0.4) is 0 Å². The molecule has 0 atom stereocenters. The molecule has 4 aromatic rings. The minimum Gasteiger partial charge on any atom is -0.497 e. The molecule has 4 rings (SSSR count). The van der Waals surface area contributed by atoms with E-state index < -0.39 is 11.9 Å². The van der Waals surface area contributed by atoms with Gasteiger partial charge in [-0.2, -0.15) is 0 Å². The molecule has 0 aliphatic rings. The van der Waals surface area contributed by atoms with Crippen LogP contribution in [0.1, 0.15) is 49.1 Å². The van der Waals surface area contributed by atoms with Crippen LogP contribution in [0.4, 0.5) is 5.00 Å². The number of benzene rings is 3. The van der Waals surface area contributed by atoms with Gasteiger partial charge in [-0.3, -0.25) is 9.59 Å². The van der Waals surface area contributed by atoms with E-state index >= 15 is 0 Å². The molecule has 3 aromatic carbocycles. The van der Waals surface area contributed by atoms with Crippen LogP contribution in [0, 0.1) is 6.92 Å². The summed E-state index contributed by atoms with van der Waals surface area (Å²) in [5, 5.41) is 3.28. The van der Waals surface area contributed by atoms with Crippen molar-refractivity contribution in [3.8, 4) is 21.9 Å². The minimum atomic E-state index is -0.494. The number of methoxy groups -OCH3 is 2. The molecule has 0 aliphatic carbocycles. The number of carbonyl (C=O) groups is 3. The van der Waals surface area contributed by atoms with Crippen LogP contribution >= 0.6 is 11.3 Å². The van der Waals surface area contributed by atoms with Crippen LogP contribution in [0.5, 0.6) is 11.5 Å². The Morgan fingerprint density at radius 1 is 0.868 bits per heavy atom. The van der Waals surface area contributed by atoms with E-state index in [0.29, 0.717) is 38.8 Å². The molecule has 0 saturated carbocycles. The maximum atomic E-state index is 13.2. The average molecular weight is 530 g/mol. The number of ketones is 1. The molecule has 1 aromatic heterocycles. The molecule has 194 valence electrons. The number of amides is 1. The van der Waals surface area contributed by atoms with Gasteiger partial charge >= 0.3 is 5.97 Å². The van der Waals surface area contributed by atoms with E-state index in [0.717, 1.165) is 16.0 Å².